The van der Waals surface area contributed by atoms with Gasteiger partial charge in [-0.25, -0.2) is 0 Å². The van der Waals surface area contributed by atoms with Crippen LogP contribution in [0.3, 0.4) is 0 Å². The molecule has 3 aromatic rings. The largest absolute Gasteiger partial charge is 0.416 e. The Kier molecular flexibility index (Phi) is 11.0. The van der Waals surface area contributed by atoms with E-state index in [0.29, 0.717) is 58.2 Å². The highest BCUT2D eigenvalue weighted by Gasteiger charge is 2.30. The zero-order chi connectivity index (χ0) is 28.4. The number of benzene rings is 3. The second-order valence-electron chi connectivity index (χ2n) is 8.55. The molecule has 0 heterocycles. The summed E-state index contributed by atoms with van der Waals surface area (Å²) in [5.41, 5.74) is 6.34. The molecular weight excluding hydrogens is 572 g/mol. The first-order valence-electron chi connectivity index (χ1n) is 11.9. The summed E-state index contributed by atoms with van der Waals surface area (Å²) in [6.07, 6.45) is -1.68. The number of aryl methyl sites for hydroxylation is 1. The highest BCUT2D eigenvalue weighted by Crippen LogP contribution is 2.30. The third-order valence-electron chi connectivity index (χ3n) is 5.50. The number of hydrogen-bond donors (Lipinski definition) is 4. The van der Waals surface area contributed by atoms with Crippen molar-refractivity contribution in [3.63, 3.8) is 0 Å². The van der Waals surface area contributed by atoms with E-state index in [4.69, 9.17) is 35.4 Å². The highest BCUT2D eigenvalue weighted by atomic mass is 35.5. The molecule has 39 heavy (non-hydrogen) atoms. The van der Waals surface area contributed by atoms with E-state index in [1.165, 1.54) is 12.1 Å². The third kappa shape index (κ3) is 10.0. The summed E-state index contributed by atoms with van der Waals surface area (Å²) in [5.74, 6) is -0.698. The van der Waals surface area contributed by atoms with Crippen molar-refractivity contribution in [2.45, 2.75) is 38.3 Å². The van der Waals surface area contributed by atoms with Crippen LogP contribution >= 0.6 is 35.4 Å². The highest BCUT2D eigenvalue weighted by molar-refractivity contribution is 7.80. The molecule has 0 aromatic heterocycles. The fourth-order valence-electron chi connectivity index (χ4n) is 3.58. The van der Waals surface area contributed by atoms with Gasteiger partial charge in [-0.15, -0.1) is 0 Å². The summed E-state index contributed by atoms with van der Waals surface area (Å²) in [5, 5.41) is 6.48. The van der Waals surface area contributed by atoms with Gasteiger partial charge in [-0.2, -0.15) is 13.2 Å². The first-order valence-corrected chi connectivity index (χ1v) is 13.1. The second-order valence-corrected chi connectivity index (χ2v) is 9.77. The molecule has 206 valence electrons. The van der Waals surface area contributed by atoms with Crippen molar-refractivity contribution in [1.29, 1.82) is 0 Å². The van der Waals surface area contributed by atoms with Crippen molar-refractivity contribution in [2.75, 3.05) is 10.6 Å². The van der Waals surface area contributed by atoms with Gasteiger partial charge >= 0.3 is 6.18 Å². The van der Waals surface area contributed by atoms with Gasteiger partial charge in [0, 0.05) is 23.4 Å². The van der Waals surface area contributed by atoms with Crippen LogP contribution in [0.15, 0.2) is 66.7 Å². The molecule has 0 unspecified atom stereocenters. The van der Waals surface area contributed by atoms with Gasteiger partial charge in [-0.05, 0) is 79.5 Å². The normalized spacial score (nSPS) is 11.0. The molecule has 0 saturated carbocycles. The molecule has 0 atom stereocenters. The average Bonchev–Trinajstić information content (AvgIpc) is 2.89. The monoisotopic (exact) mass is 596 g/mol. The van der Waals surface area contributed by atoms with E-state index in [1.54, 1.807) is 42.5 Å². The maximum Gasteiger partial charge on any atom is 0.416 e. The summed E-state index contributed by atoms with van der Waals surface area (Å²) >= 11 is 17.0. The first-order chi connectivity index (χ1) is 18.5. The molecule has 12 heteroatoms. The Hall–Kier alpha value is -3.34. The first kappa shape index (κ1) is 30.2. The lowest BCUT2D eigenvalue weighted by Crippen LogP contribution is -2.43. The molecule has 3 rings (SSSR count). The van der Waals surface area contributed by atoms with Crippen LogP contribution in [0.25, 0.3) is 0 Å². The summed E-state index contributed by atoms with van der Waals surface area (Å²) < 4.78 is 38.5. The van der Waals surface area contributed by atoms with Gasteiger partial charge in [0.25, 0.3) is 5.91 Å². The van der Waals surface area contributed by atoms with E-state index < -0.39 is 17.6 Å². The van der Waals surface area contributed by atoms with Crippen LogP contribution in [0, 0.1) is 0 Å². The second kappa shape index (κ2) is 14.2. The molecule has 3 aromatic carbocycles. The lowest BCUT2D eigenvalue weighted by Gasteiger charge is -2.13. The van der Waals surface area contributed by atoms with Gasteiger partial charge in [0.15, 0.2) is 5.11 Å². The molecule has 0 radical (unpaired) electrons. The Bertz CT molecular complexity index is 1340. The Morgan fingerprint density at radius 1 is 0.795 bits per heavy atom. The number of anilines is 2. The van der Waals surface area contributed by atoms with Crippen LogP contribution in [-0.4, -0.2) is 16.9 Å². The van der Waals surface area contributed by atoms with Gasteiger partial charge in [0.05, 0.1) is 15.6 Å². The van der Waals surface area contributed by atoms with Crippen LogP contribution < -0.4 is 21.5 Å². The van der Waals surface area contributed by atoms with Crippen molar-refractivity contribution in [2.24, 2.45) is 0 Å². The van der Waals surface area contributed by atoms with Crippen LogP contribution in [0.1, 0.15) is 47.2 Å². The van der Waals surface area contributed by atoms with E-state index in [0.717, 1.165) is 12.1 Å². The number of unbranched alkanes of at least 4 members (excludes halogenated alkanes) is 2. The zero-order valence-corrected chi connectivity index (χ0v) is 22.8. The number of alkyl halides is 3. The Labute approximate surface area is 239 Å². The maximum atomic E-state index is 12.8. The number of hydrogen-bond acceptors (Lipinski definition) is 3. The topological polar surface area (TPSA) is 82.3 Å². The van der Waals surface area contributed by atoms with Gasteiger partial charge in [-0.1, -0.05) is 53.9 Å². The van der Waals surface area contributed by atoms with Crippen molar-refractivity contribution in [1.82, 2.24) is 10.9 Å². The summed E-state index contributed by atoms with van der Waals surface area (Å²) in [6, 6.07) is 16.5. The fourth-order valence-corrected chi connectivity index (χ4v) is 4.05. The minimum atomic E-state index is -4.36. The molecule has 2 amide bonds. The Morgan fingerprint density at radius 2 is 1.54 bits per heavy atom. The molecule has 0 saturated heterocycles. The molecule has 0 aliphatic rings. The van der Waals surface area contributed by atoms with Gasteiger partial charge < -0.3 is 10.6 Å². The van der Waals surface area contributed by atoms with Gasteiger partial charge in [0.1, 0.15) is 0 Å². The Balaban J connectivity index is 1.39. The Morgan fingerprint density at radius 3 is 2.28 bits per heavy atom. The predicted molar refractivity (Wildman–Crippen MR) is 152 cm³/mol. The minimum Gasteiger partial charge on any atom is -0.331 e. The van der Waals surface area contributed by atoms with E-state index in [2.05, 4.69) is 21.5 Å². The van der Waals surface area contributed by atoms with Crippen molar-refractivity contribution >= 4 is 63.7 Å². The lowest BCUT2D eigenvalue weighted by atomic mass is 10.0. The summed E-state index contributed by atoms with van der Waals surface area (Å²) in [6.45, 7) is 0. The summed E-state index contributed by atoms with van der Waals surface area (Å²) in [4.78, 5) is 24.8. The average molecular weight is 597 g/mol. The van der Waals surface area contributed by atoms with Crippen LogP contribution in [0.2, 0.25) is 10.0 Å². The van der Waals surface area contributed by atoms with E-state index in [9.17, 15) is 22.8 Å². The SMILES string of the molecule is O=C(CCCCCc1cccc(C(F)(F)F)c1)Nc1cccc(C(=O)NNC(=S)Nc2ccc(Cl)c(Cl)c2)c1. The van der Waals surface area contributed by atoms with Gasteiger partial charge in [0.2, 0.25) is 5.91 Å². The van der Waals surface area contributed by atoms with Crippen LogP contribution in [0.5, 0.6) is 0 Å². The number of thiocarbonyl (C=S) groups is 1. The minimum absolute atomic E-state index is 0.124. The quantitative estimate of drug-likeness (QED) is 0.118. The van der Waals surface area contributed by atoms with Crippen molar-refractivity contribution in [3.8, 4) is 0 Å². The number of rotatable bonds is 9. The maximum absolute atomic E-state index is 12.8. The number of amides is 2. The fraction of sp³-hybridized carbons (Fsp3) is 0.222. The smallest absolute Gasteiger partial charge is 0.331 e. The molecule has 0 aliphatic heterocycles. The predicted octanol–water partition coefficient (Wildman–Crippen LogP) is 7.39. The molecule has 0 bridgehead atoms. The number of nitrogens with one attached hydrogen (secondary N) is 4. The van der Waals surface area contributed by atoms with Gasteiger partial charge in [-0.3, -0.25) is 20.4 Å². The molecule has 0 aliphatic carbocycles. The van der Waals surface area contributed by atoms with E-state index in [-0.39, 0.29) is 17.4 Å². The van der Waals surface area contributed by atoms with Crippen molar-refractivity contribution < 1.29 is 22.8 Å². The number of halogens is 5. The molecule has 6 nitrogen and oxygen atoms in total. The van der Waals surface area contributed by atoms with E-state index >= 15 is 0 Å². The van der Waals surface area contributed by atoms with Crippen LogP contribution in [0.4, 0.5) is 24.5 Å². The zero-order valence-electron chi connectivity index (χ0n) is 20.5. The van der Waals surface area contributed by atoms with Crippen LogP contribution in [-0.2, 0) is 17.4 Å². The molecule has 0 fully saturated rings. The standard InChI is InChI=1S/C27H25Cl2F3N4O2S/c28-22-13-12-21(16-23(22)29)34-26(39)36-35-25(38)18-8-5-10-20(15-18)33-24(37)11-3-1-2-6-17-7-4-9-19(14-17)27(30,31)32/h4-5,7-10,12-16H,1-3,6,11H2,(H,33,37)(H,35,38)(H2,34,36,39). The van der Waals surface area contributed by atoms with E-state index in [1.807, 2.05) is 0 Å². The molecular formula is C27H25Cl2F3N4O2S. The number of carbonyl (C=O) groups excluding carboxylic acids is 2. The number of hydrazine groups is 1. The molecule has 4 N–H and O–H groups in total. The third-order valence-corrected chi connectivity index (χ3v) is 6.44. The molecule has 0 spiro atoms. The number of carbonyl (C=O) groups is 2. The van der Waals surface area contributed by atoms with Crippen molar-refractivity contribution in [3.05, 3.63) is 93.5 Å². The summed E-state index contributed by atoms with van der Waals surface area (Å²) in [7, 11) is 0. The lowest BCUT2D eigenvalue weighted by molar-refractivity contribution is -0.137.